The molecule has 0 bridgehead atoms. The molecule has 19 heteroatoms. The third kappa shape index (κ3) is 5.90. The summed E-state index contributed by atoms with van der Waals surface area (Å²) in [6, 6.07) is -1.05. The summed E-state index contributed by atoms with van der Waals surface area (Å²) < 4.78 is 3.81. The van der Waals surface area contributed by atoms with Crippen LogP contribution in [-0.4, -0.2) is 76.6 Å². The zero-order valence-corrected chi connectivity index (χ0v) is 22.5. The summed E-state index contributed by atoms with van der Waals surface area (Å²) in [6.07, 6.45) is 1.59. The number of aromatic nitrogens is 4. The van der Waals surface area contributed by atoms with Crippen LogP contribution in [0, 0.1) is 4.91 Å². The Morgan fingerprint density at radius 3 is 2.79 bits per heavy atom. The zero-order chi connectivity index (χ0) is 27.4. The van der Waals surface area contributed by atoms with Crippen molar-refractivity contribution in [3.05, 3.63) is 39.6 Å². The van der Waals surface area contributed by atoms with E-state index in [1.165, 1.54) is 35.3 Å². The topological polar surface area (TPSA) is 246 Å². The van der Waals surface area contributed by atoms with E-state index in [1.807, 2.05) is 0 Å². The predicted octanol–water partition coefficient (Wildman–Crippen LogP) is 0.395. The fraction of sp³-hybridized carbons (Fsp3) is 0.316. The first-order chi connectivity index (χ1) is 18.2. The molecule has 0 spiro atoms. The third-order valence-electron chi connectivity index (χ3n) is 5.06. The Morgan fingerprint density at radius 2 is 2.13 bits per heavy atom. The van der Waals surface area contributed by atoms with Gasteiger partial charge in [-0.25, -0.2) is 19.7 Å². The van der Waals surface area contributed by atoms with Gasteiger partial charge in [0.05, 0.1) is 0 Å². The molecule has 4 heterocycles. The second-order valence-corrected chi connectivity index (χ2v) is 11.4. The van der Waals surface area contributed by atoms with Crippen molar-refractivity contribution < 1.29 is 19.5 Å². The monoisotopic (exact) mass is 596 g/mol. The van der Waals surface area contributed by atoms with Crippen LogP contribution in [-0.2, 0) is 14.4 Å². The molecule has 1 unspecified atom stereocenters. The van der Waals surface area contributed by atoms with Gasteiger partial charge in [-0.05, 0) is 22.2 Å². The van der Waals surface area contributed by atoms with Gasteiger partial charge < -0.3 is 27.6 Å². The van der Waals surface area contributed by atoms with E-state index < -0.39 is 35.2 Å². The highest BCUT2D eigenvalue weighted by Crippen LogP contribution is 2.41. The molecule has 8 N–H and O–H groups in total. The number of β-lactam (4-membered cyclic amide) rings is 1. The summed E-state index contributed by atoms with van der Waals surface area (Å²) in [5.74, 6) is -1.81. The van der Waals surface area contributed by atoms with E-state index in [9.17, 15) is 24.4 Å². The molecule has 200 valence electrons. The molecule has 0 aliphatic carbocycles. The summed E-state index contributed by atoms with van der Waals surface area (Å²) in [7, 11) is 0. The van der Waals surface area contributed by atoms with Crippen molar-refractivity contribution in [2.45, 2.75) is 27.6 Å². The lowest BCUT2D eigenvalue weighted by atomic mass is 10.0. The first-order valence-electron chi connectivity index (χ1n) is 10.7. The number of nitroso groups, excluding NO2 is 1. The van der Waals surface area contributed by atoms with Crippen LogP contribution in [0.1, 0.15) is 11.9 Å². The summed E-state index contributed by atoms with van der Waals surface area (Å²) in [5, 5.41) is 17.1. The van der Waals surface area contributed by atoms with Crippen LogP contribution in [0.25, 0.3) is 0 Å². The number of nitrogens with two attached hydrogens (primary N) is 3. The van der Waals surface area contributed by atoms with E-state index >= 15 is 0 Å². The minimum Gasteiger partial charge on any atom is -0.477 e. The molecular weight excluding hydrogens is 577 g/mol. The minimum absolute atomic E-state index is 0.0549. The van der Waals surface area contributed by atoms with Gasteiger partial charge in [0.2, 0.25) is 6.04 Å². The van der Waals surface area contributed by atoms with Gasteiger partial charge in [0.25, 0.3) is 11.8 Å². The van der Waals surface area contributed by atoms with E-state index in [4.69, 9.17) is 17.2 Å². The van der Waals surface area contributed by atoms with Crippen LogP contribution in [0.3, 0.4) is 0 Å². The van der Waals surface area contributed by atoms with E-state index in [0.29, 0.717) is 28.1 Å². The molecule has 2 aliphatic heterocycles. The molecule has 4 rings (SSSR count). The van der Waals surface area contributed by atoms with E-state index in [1.54, 1.807) is 17.6 Å². The number of fused-ring (bicyclic) bond motifs is 1. The Morgan fingerprint density at radius 1 is 1.34 bits per heavy atom. The minimum atomic E-state index is -1.59. The van der Waals surface area contributed by atoms with Gasteiger partial charge in [0.15, 0.2) is 16.1 Å². The first-order valence-corrected chi connectivity index (χ1v) is 14.4. The molecule has 0 radical (unpaired) electrons. The molecule has 2 aliphatic rings. The molecule has 2 aromatic heterocycles. The van der Waals surface area contributed by atoms with Crippen LogP contribution < -0.4 is 22.5 Å². The highest BCUT2D eigenvalue weighted by molar-refractivity contribution is 8.02. The maximum atomic E-state index is 12.9. The number of anilines is 2. The first kappa shape index (κ1) is 27.8. The highest BCUT2D eigenvalue weighted by atomic mass is 32.2. The molecule has 2 amide bonds. The normalized spacial score (nSPS) is 19.7. The Hall–Kier alpha value is -3.26. The Labute approximate surface area is 231 Å². The van der Waals surface area contributed by atoms with Gasteiger partial charge in [-0.15, -0.1) is 16.7 Å². The fourth-order valence-corrected chi connectivity index (χ4v) is 6.63. The summed E-state index contributed by atoms with van der Waals surface area (Å²) in [5.41, 5.74) is 17.1. The van der Waals surface area contributed by atoms with Crippen molar-refractivity contribution in [1.82, 2.24) is 29.5 Å². The Balaban J connectivity index is 1.46. The number of nitrogens with one attached hydrogen (secondary N) is 1. The van der Waals surface area contributed by atoms with E-state index in [-0.39, 0.29) is 28.2 Å². The second-order valence-electron chi connectivity index (χ2n) is 7.55. The number of carboxylic acid groups (broad SMARTS) is 1. The number of allylic oxidation sites excluding steroid dienone is 1. The number of hydrogen-bond acceptors (Lipinski definition) is 16. The smallest absolute Gasteiger partial charge is 0.352 e. The lowest BCUT2D eigenvalue weighted by Gasteiger charge is -2.49. The summed E-state index contributed by atoms with van der Waals surface area (Å²) >= 11 is 4.64. The number of thioether (sulfide) groups is 3. The molecule has 1 saturated heterocycles. The van der Waals surface area contributed by atoms with Crippen molar-refractivity contribution >= 4 is 75.6 Å². The number of carboxylic acids is 1. The van der Waals surface area contributed by atoms with Gasteiger partial charge in [-0.3, -0.25) is 14.5 Å². The van der Waals surface area contributed by atoms with Crippen molar-refractivity contribution in [2.24, 2.45) is 10.9 Å². The molecule has 3 atom stereocenters. The number of nitrogens with zero attached hydrogens (tertiary/aromatic N) is 6. The number of amides is 2. The van der Waals surface area contributed by atoms with Gasteiger partial charge in [-0.1, -0.05) is 23.5 Å². The molecule has 0 saturated carbocycles. The molecule has 0 aromatic carbocycles. The number of carbonyl (C=O) groups excluding carboxylic acids is 2. The Bertz CT molecular complexity index is 1330. The predicted molar refractivity (Wildman–Crippen MR) is 144 cm³/mol. The molecule has 15 nitrogen and oxygen atoms in total. The fourth-order valence-electron chi connectivity index (χ4n) is 3.46. The lowest BCUT2D eigenvalue weighted by molar-refractivity contribution is -0.150. The Kier molecular flexibility index (Phi) is 8.82. The number of hydrogen-bond donors (Lipinski definition) is 5. The second kappa shape index (κ2) is 12.1. The molecule has 1 fully saturated rings. The quantitative estimate of drug-likeness (QED) is 0.0774. The average Bonchev–Trinajstić information content (AvgIpc) is 3.31. The summed E-state index contributed by atoms with van der Waals surface area (Å²) in [6.45, 7) is 0.461. The van der Waals surface area contributed by atoms with E-state index in [0.717, 1.165) is 16.4 Å². The number of aliphatic carboxylic acids is 1. The van der Waals surface area contributed by atoms with Crippen molar-refractivity contribution in [3.63, 3.8) is 0 Å². The number of nitrogen functional groups attached to an aromatic ring is 2. The number of carbonyl (C=O) groups is 3. The lowest BCUT2D eigenvalue weighted by Crippen LogP contribution is -2.70. The summed E-state index contributed by atoms with van der Waals surface area (Å²) in [4.78, 5) is 62.2. The standard InChI is InChI=1S/C19H20N10O5S4/c20-2-4-36-19-23-8(21)5-9(24-19)35-3-1-7-6-37-16-11(15(31)29(16)12(7)17(32)33)25-14(30)10(27-34)13-26-18(22)38-28-13/h1,3,5,10-11,16H,2,4,6,20H2,(H,25,30)(H,32,33)(H2,21,23,24)(H2,22,26,28)/t10?,11-,16-/m1/s1. The zero-order valence-electron chi connectivity index (χ0n) is 19.2. The van der Waals surface area contributed by atoms with Crippen LogP contribution in [0.4, 0.5) is 10.9 Å². The maximum absolute atomic E-state index is 12.9. The molecule has 38 heavy (non-hydrogen) atoms. The van der Waals surface area contributed by atoms with Gasteiger partial charge in [0.1, 0.15) is 28.0 Å². The van der Waals surface area contributed by atoms with Crippen molar-refractivity contribution in [1.29, 1.82) is 0 Å². The van der Waals surface area contributed by atoms with Gasteiger partial charge >= 0.3 is 5.97 Å². The van der Waals surface area contributed by atoms with Crippen molar-refractivity contribution in [3.8, 4) is 0 Å². The van der Waals surface area contributed by atoms with Crippen LogP contribution in [0.5, 0.6) is 0 Å². The third-order valence-corrected chi connectivity index (χ3v) is 8.53. The van der Waals surface area contributed by atoms with Crippen LogP contribution in [0.15, 0.2) is 44.2 Å². The van der Waals surface area contributed by atoms with Gasteiger partial charge in [0, 0.05) is 35.6 Å². The molecule has 2 aromatic rings. The van der Waals surface area contributed by atoms with Gasteiger partial charge in [-0.2, -0.15) is 4.37 Å². The average molecular weight is 597 g/mol. The van der Waals surface area contributed by atoms with Crippen LogP contribution in [0.2, 0.25) is 0 Å². The van der Waals surface area contributed by atoms with Crippen molar-refractivity contribution in [2.75, 3.05) is 29.5 Å². The van der Waals surface area contributed by atoms with E-state index in [2.05, 4.69) is 29.8 Å². The molecular formula is C19H20N10O5S4. The number of rotatable bonds is 11. The van der Waals surface area contributed by atoms with Crippen LogP contribution >= 0.6 is 46.8 Å². The largest absolute Gasteiger partial charge is 0.477 e. The SMILES string of the molecule is NCCSc1nc(N)cc(SC=CC2=C(C(=O)O)N3C(=O)[C@@H](NC(=O)C(N=O)c4nsc(N)n4)[C@H]3SC2)n1. The highest BCUT2D eigenvalue weighted by Gasteiger charge is 2.54. The maximum Gasteiger partial charge on any atom is 0.352 e.